The fourth-order valence-corrected chi connectivity index (χ4v) is 3.90. The van der Waals surface area contributed by atoms with Gasteiger partial charge in [-0.05, 0) is 38.1 Å². The number of thiazole rings is 1. The van der Waals surface area contributed by atoms with Crippen LogP contribution in [0.15, 0.2) is 17.6 Å². The van der Waals surface area contributed by atoms with Crippen LogP contribution in [0.1, 0.15) is 19.8 Å². The smallest absolute Gasteiger partial charge is 0.106 e. The molecule has 0 bridgehead atoms. The molecule has 0 amide bonds. The van der Waals surface area contributed by atoms with Crippen molar-refractivity contribution in [2.24, 2.45) is 0 Å². The quantitative estimate of drug-likeness (QED) is 0.880. The number of nitrogens with two attached hydrogens (primary N) is 1. The van der Waals surface area contributed by atoms with Crippen molar-refractivity contribution >= 4 is 32.9 Å². The molecule has 4 nitrogen and oxygen atoms in total. The summed E-state index contributed by atoms with van der Waals surface area (Å²) in [5, 5.41) is 0. The van der Waals surface area contributed by atoms with Gasteiger partial charge in [0.2, 0.25) is 0 Å². The van der Waals surface area contributed by atoms with Gasteiger partial charge in [-0.15, -0.1) is 11.3 Å². The van der Waals surface area contributed by atoms with E-state index in [1.807, 2.05) is 5.51 Å². The van der Waals surface area contributed by atoms with E-state index < -0.39 is 0 Å². The number of hydrogen-bond donors (Lipinski definition) is 1. The van der Waals surface area contributed by atoms with E-state index in [1.165, 1.54) is 19.4 Å². The Morgan fingerprint density at radius 2 is 2.35 bits per heavy atom. The molecule has 1 fully saturated rings. The van der Waals surface area contributed by atoms with Gasteiger partial charge in [-0.3, -0.25) is 4.90 Å². The van der Waals surface area contributed by atoms with Gasteiger partial charge in [0.15, 0.2) is 0 Å². The van der Waals surface area contributed by atoms with Crippen LogP contribution in [0, 0.1) is 0 Å². The molecule has 0 spiro atoms. The molecule has 0 saturated carbocycles. The lowest BCUT2D eigenvalue weighted by Crippen LogP contribution is -2.38. The molecule has 2 N–H and O–H groups in total. The van der Waals surface area contributed by atoms with Crippen LogP contribution >= 0.6 is 11.3 Å². The normalized spacial score (nSPS) is 19.8. The number of benzene rings is 1. The molecule has 2 heterocycles. The van der Waals surface area contributed by atoms with Gasteiger partial charge >= 0.3 is 0 Å². The van der Waals surface area contributed by atoms with Crippen LogP contribution < -0.4 is 10.6 Å². The molecule has 0 aliphatic carbocycles. The molecule has 1 unspecified atom stereocenters. The minimum absolute atomic E-state index is 0.649. The zero-order valence-electron chi connectivity index (χ0n) is 12.2. The van der Waals surface area contributed by atoms with Crippen molar-refractivity contribution in [2.75, 3.05) is 37.3 Å². The third-order valence-electron chi connectivity index (χ3n) is 4.32. The molecular formula is C15H22N4S. The molecule has 2 aromatic rings. The van der Waals surface area contributed by atoms with Crippen LogP contribution in [0.25, 0.3) is 10.2 Å². The van der Waals surface area contributed by atoms with Crippen molar-refractivity contribution in [3.63, 3.8) is 0 Å². The first-order chi connectivity index (χ1) is 9.70. The molecular weight excluding hydrogens is 268 g/mol. The average molecular weight is 290 g/mol. The summed E-state index contributed by atoms with van der Waals surface area (Å²) in [5.74, 6) is 0. The highest BCUT2D eigenvalue weighted by atomic mass is 32.1. The van der Waals surface area contributed by atoms with Crippen molar-refractivity contribution in [3.05, 3.63) is 17.6 Å². The van der Waals surface area contributed by atoms with Crippen LogP contribution in [0.3, 0.4) is 0 Å². The van der Waals surface area contributed by atoms with Gasteiger partial charge in [-0.2, -0.15) is 0 Å². The summed E-state index contributed by atoms with van der Waals surface area (Å²) >= 11 is 1.64. The summed E-state index contributed by atoms with van der Waals surface area (Å²) in [7, 11) is 2.13. The molecule has 20 heavy (non-hydrogen) atoms. The summed E-state index contributed by atoms with van der Waals surface area (Å²) < 4.78 is 1.16. The molecule has 0 radical (unpaired) electrons. The average Bonchev–Trinajstić information content (AvgIpc) is 3.07. The molecule has 1 aliphatic heterocycles. The van der Waals surface area contributed by atoms with Crippen molar-refractivity contribution < 1.29 is 0 Å². The van der Waals surface area contributed by atoms with E-state index in [9.17, 15) is 0 Å². The van der Waals surface area contributed by atoms with Crippen molar-refractivity contribution in [3.8, 4) is 0 Å². The second-order valence-corrected chi connectivity index (χ2v) is 6.39. The largest absolute Gasteiger partial charge is 0.395 e. The monoisotopic (exact) mass is 290 g/mol. The molecule has 1 aromatic carbocycles. The molecule has 5 heteroatoms. The summed E-state index contributed by atoms with van der Waals surface area (Å²) in [5.41, 5.74) is 11.0. The van der Waals surface area contributed by atoms with Gasteiger partial charge in [-0.1, -0.05) is 6.92 Å². The van der Waals surface area contributed by atoms with E-state index in [1.54, 1.807) is 11.3 Å². The maximum Gasteiger partial charge on any atom is 0.106 e. The number of hydrogen-bond acceptors (Lipinski definition) is 5. The number of likely N-dealkylation sites (tertiary alicyclic amines) is 1. The first-order valence-electron chi connectivity index (χ1n) is 7.27. The van der Waals surface area contributed by atoms with Crippen LogP contribution in [-0.4, -0.2) is 42.6 Å². The number of likely N-dealkylation sites (N-methyl/N-ethyl adjacent to an activating group) is 2. The van der Waals surface area contributed by atoms with Crippen LogP contribution in [0.2, 0.25) is 0 Å². The number of nitrogens with zero attached hydrogens (tertiary/aromatic N) is 3. The highest BCUT2D eigenvalue weighted by Gasteiger charge is 2.24. The predicted octanol–water partition coefficient (Wildman–Crippen LogP) is 2.80. The number of aromatic nitrogens is 1. The molecule has 1 atom stereocenters. The van der Waals surface area contributed by atoms with E-state index in [-0.39, 0.29) is 0 Å². The second-order valence-electron chi connectivity index (χ2n) is 5.50. The van der Waals surface area contributed by atoms with Crippen molar-refractivity contribution in [1.29, 1.82) is 0 Å². The lowest BCUT2D eigenvalue weighted by molar-refractivity contribution is 0.270. The summed E-state index contributed by atoms with van der Waals surface area (Å²) in [6.07, 6.45) is 2.60. The Bertz CT molecular complexity index is 595. The highest BCUT2D eigenvalue weighted by Crippen LogP contribution is 2.32. The lowest BCUT2D eigenvalue weighted by Gasteiger charge is -2.29. The lowest BCUT2D eigenvalue weighted by atomic mass is 10.1. The SMILES string of the molecule is CCN1CCCC1CN(C)c1ccc2scnc2c1N. The summed E-state index contributed by atoms with van der Waals surface area (Å²) in [6.45, 7) is 5.65. The number of rotatable bonds is 4. The highest BCUT2D eigenvalue weighted by molar-refractivity contribution is 7.16. The third kappa shape index (κ3) is 2.36. The van der Waals surface area contributed by atoms with Gasteiger partial charge in [0, 0.05) is 19.6 Å². The molecule has 3 rings (SSSR count). The minimum Gasteiger partial charge on any atom is -0.395 e. The Hall–Kier alpha value is -1.33. The molecule has 1 aliphatic rings. The van der Waals surface area contributed by atoms with Crippen LogP contribution in [0.4, 0.5) is 11.4 Å². The van der Waals surface area contributed by atoms with Gasteiger partial charge < -0.3 is 10.6 Å². The van der Waals surface area contributed by atoms with E-state index in [4.69, 9.17) is 5.73 Å². The first-order valence-corrected chi connectivity index (χ1v) is 8.15. The van der Waals surface area contributed by atoms with Crippen LogP contribution in [-0.2, 0) is 0 Å². The standard InChI is InChI=1S/C15H22N4S/c1-3-19-8-4-5-11(19)9-18(2)12-6-7-13-15(14(12)16)17-10-20-13/h6-7,10-11H,3-5,8-9,16H2,1-2H3. The van der Waals surface area contributed by atoms with E-state index >= 15 is 0 Å². The zero-order chi connectivity index (χ0) is 14.1. The van der Waals surface area contributed by atoms with Gasteiger partial charge in [0.1, 0.15) is 5.52 Å². The predicted molar refractivity (Wildman–Crippen MR) is 87.6 cm³/mol. The fraction of sp³-hybridized carbons (Fsp3) is 0.533. The topological polar surface area (TPSA) is 45.4 Å². The fourth-order valence-electron chi connectivity index (χ4n) is 3.21. The van der Waals surface area contributed by atoms with E-state index in [0.717, 1.165) is 34.7 Å². The maximum absolute atomic E-state index is 6.29. The Kier molecular flexibility index (Phi) is 3.81. The number of anilines is 2. The first kappa shape index (κ1) is 13.6. The molecule has 1 aromatic heterocycles. The van der Waals surface area contributed by atoms with Gasteiger partial charge in [-0.25, -0.2) is 4.98 Å². The zero-order valence-corrected chi connectivity index (χ0v) is 13.0. The van der Waals surface area contributed by atoms with E-state index in [0.29, 0.717) is 6.04 Å². The van der Waals surface area contributed by atoms with Gasteiger partial charge in [0.25, 0.3) is 0 Å². The Morgan fingerprint density at radius 3 is 3.15 bits per heavy atom. The number of fused-ring (bicyclic) bond motifs is 1. The minimum atomic E-state index is 0.649. The van der Waals surface area contributed by atoms with E-state index in [2.05, 4.69) is 40.9 Å². The van der Waals surface area contributed by atoms with Crippen molar-refractivity contribution in [2.45, 2.75) is 25.8 Å². The maximum atomic E-state index is 6.29. The Labute approximate surface area is 124 Å². The second kappa shape index (κ2) is 5.58. The van der Waals surface area contributed by atoms with Crippen LogP contribution in [0.5, 0.6) is 0 Å². The Morgan fingerprint density at radius 1 is 1.50 bits per heavy atom. The molecule has 108 valence electrons. The number of nitrogen functional groups attached to an aromatic ring is 1. The van der Waals surface area contributed by atoms with Gasteiger partial charge in [0.05, 0.1) is 21.6 Å². The summed E-state index contributed by atoms with van der Waals surface area (Å²) in [6, 6.07) is 4.90. The van der Waals surface area contributed by atoms with Crippen molar-refractivity contribution in [1.82, 2.24) is 9.88 Å². The molecule has 1 saturated heterocycles. The Balaban J connectivity index is 1.81. The third-order valence-corrected chi connectivity index (χ3v) is 5.11. The summed E-state index contributed by atoms with van der Waals surface area (Å²) in [4.78, 5) is 9.23.